The standard InChI is InChI=1S/C22H24O5/c1-14-9-10-15(2)18(13-14)21(24)16(3)27-20(23)12-11-17-7-6-8-19(25-4)22(17)26-5/h6-13,16H,1-5H3/b12-11+/t16-/m1/s1. The third-order valence-electron chi connectivity index (χ3n) is 4.15. The summed E-state index contributed by atoms with van der Waals surface area (Å²) in [5, 5.41) is 0. The largest absolute Gasteiger partial charge is 0.493 e. The minimum atomic E-state index is -0.880. The van der Waals surface area contributed by atoms with Crippen LogP contribution in [-0.4, -0.2) is 32.1 Å². The van der Waals surface area contributed by atoms with E-state index in [2.05, 4.69) is 0 Å². The van der Waals surface area contributed by atoms with E-state index in [9.17, 15) is 9.59 Å². The van der Waals surface area contributed by atoms with E-state index in [4.69, 9.17) is 14.2 Å². The van der Waals surface area contributed by atoms with E-state index in [0.717, 1.165) is 11.1 Å². The van der Waals surface area contributed by atoms with Crippen LogP contribution in [0.15, 0.2) is 42.5 Å². The molecule has 142 valence electrons. The van der Waals surface area contributed by atoms with Gasteiger partial charge in [-0.05, 0) is 44.5 Å². The van der Waals surface area contributed by atoms with Crippen LogP contribution >= 0.6 is 0 Å². The molecule has 0 bridgehead atoms. The molecule has 0 aliphatic heterocycles. The molecule has 0 aromatic heterocycles. The maximum atomic E-state index is 12.6. The fourth-order valence-corrected chi connectivity index (χ4v) is 2.69. The van der Waals surface area contributed by atoms with Crippen LogP contribution in [0.4, 0.5) is 0 Å². The average molecular weight is 368 g/mol. The fraction of sp³-hybridized carbons (Fsp3) is 0.273. The van der Waals surface area contributed by atoms with Crippen LogP contribution in [0.1, 0.15) is 34.0 Å². The van der Waals surface area contributed by atoms with Crippen LogP contribution < -0.4 is 9.47 Å². The molecule has 0 spiro atoms. The summed E-state index contributed by atoms with van der Waals surface area (Å²) < 4.78 is 15.8. The molecule has 2 rings (SSSR count). The number of hydrogen-bond acceptors (Lipinski definition) is 5. The zero-order valence-electron chi connectivity index (χ0n) is 16.2. The number of methoxy groups -OCH3 is 2. The maximum absolute atomic E-state index is 12.6. The molecule has 5 heteroatoms. The zero-order chi connectivity index (χ0) is 20.0. The quantitative estimate of drug-likeness (QED) is 0.417. The minimum Gasteiger partial charge on any atom is -0.493 e. The third-order valence-corrected chi connectivity index (χ3v) is 4.15. The van der Waals surface area contributed by atoms with E-state index >= 15 is 0 Å². The highest BCUT2D eigenvalue weighted by Crippen LogP contribution is 2.31. The molecule has 0 fully saturated rings. The number of carbonyl (C=O) groups is 2. The number of Topliss-reactive ketones (excluding diaryl/α,β-unsaturated/α-hetero) is 1. The Morgan fingerprint density at radius 2 is 1.78 bits per heavy atom. The second kappa shape index (κ2) is 9.03. The molecular formula is C22H24O5. The molecule has 0 N–H and O–H groups in total. The van der Waals surface area contributed by atoms with Gasteiger partial charge in [-0.3, -0.25) is 4.79 Å². The SMILES string of the molecule is COc1cccc(/C=C/C(=O)O[C@H](C)C(=O)c2cc(C)ccc2C)c1OC. The number of rotatable bonds is 7. The van der Waals surface area contributed by atoms with Crippen molar-refractivity contribution in [2.45, 2.75) is 26.9 Å². The first-order valence-electron chi connectivity index (χ1n) is 8.58. The maximum Gasteiger partial charge on any atom is 0.331 e. The predicted octanol–water partition coefficient (Wildman–Crippen LogP) is 4.15. The smallest absolute Gasteiger partial charge is 0.331 e. The van der Waals surface area contributed by atoms with E-state index in [1.54, 1.807) is 44.4 Å². The first kappa shape index (κ1) is 20.2. The lowest BCUT2D eigenvalue weighted by Crippen LogP contribution is -2.24. The Labute approximate surface area is 159 Å². The molecule has 0 radical (unpaired) electrons. The topological polar surface area (TPSA) is 61.8 Å². The van der Waals surface area contributed by atoms with Crippen LogP contribution in [0, 0.1) is 13.8 Å². The van der Waals surface area contributed by atoms with Crippen LogP contribution in [0.3, 0.4) is 0 Å². The summed E-state index contributed by atoms with van der Waals surface area (Å²) in [6.45, 7) is 5.34. The number of ether oxygens (including phenoxy) is 3. The lowest BCUT2D eigenvalue weighted by Gasteiger charge is -2.13. The fourth-order valence-electron chi connectivity index (χ4n) is 2.69. The second-order valence-corrected chi connectivity index (χ2v) is 6.18. The van der Waals surface area contributed by atoms with E-state index in [1.807, 2.05) is 26.0 Å². The molecular weight excluding hydrogens is 344 g/mol. The van der Waals surface area contributed by atoms with Crippen molar-refractivity contribution in [1.29, 1.82) is 0 Å². The number of benzene rings is 2. The number of hydrogen-bond donors (Lipinski definition) is 0. The minimum absolute atomic E-state index is 0.225. The van der Waals surface area contributed by atoms with Crippen molar-refractivity contribution in [2.24, 2.45) is 0 Å². The van der Waals surface area contributed by atoms with E-state index in [-0.39, 0.29) is 5.78 Å². The molecule has 0 heterocycles. The molecule has 27 heavy (non-hydrogen) atoms. The zero-order valence-corrected chi connectivity index (χ0v) is 16.2. The van der Waals surface area contributed by atoms with Gasteiger partial charge in [0.25, 0.3) is 0 Å². The summed E-state index contributed by atoms with van der Waals surface area (Å²) in [5.74, 6) is 0.248. The Balaban J connectivity index is 2.10. The van der Waals surface area contributed by atoms with Gasteiger partial charge in [0.15, 0.2) is 17.6 Å². The molecule has 0 amide bonds. The van der Waals surface area contributed by atoms with Crippen LogP contribution in [0.2, 0.25) is 0 Å². The molecule has 0 unspecified atom stereocenters. The van der Waals surface area contributed by atoms with Crippen molar-refractivity contribution < 1.29 is 23.8 Å². The number of ketones is 1. The summed E-state index contributed by atoms with van der Waals surface area (Å²) >= 11 is 0. The summed E-state index contributed by atoms with van der Waals surface area (Å²) in [4.78, 5) is 24.7. The van der Waals surface area contributed by atoms with Crippen molar-refractivity contribution in [3.63, 3.8) is 0 Å². The molecule has 0 aliphatic carbocycles. The highest BCUT2D eigenvalue weighted by molar-refractivity contribution is 6.02. The van der Waals surface area contributed by atoms with Gasteiger partial charge >= 0.3 is 5.97 Å². The Morgan fingerprint density at radius 3 is 2.44 bits per heavy atom. The summed E-state index contributed by atoms with van der Waals surface area (Å²) in [7, 11) is 3.07. The second-order valence-electron chi connectivity index (χ2n) is 6.18. The molecule has 0 aliphatic rings. The lowest BCUT2D eigenvalue weighted by molar-refractivity contribution is -0.140. The summed E-state index contributed by atoms with van der Waals surface area (Å²) in [5.41, 5.74) is 3.06. The number of carbonyl (C=O) groups excluding carboxylic acids is 2. The Bertz CT molecular complexity index is 867. The number of para-hydroxylation sites is 1. The molecule has 2 aromatic rings. The van der Waals surface area contributed by atoms with Gasteiger partial charge in [-0.1, -0.05) is 29.8 Å². The van der Waals surface area contributed by atoms with Crippen LogP contribution in [0.5, 0.6) is 11.5 Å². The Hall–Kier alpha value is -3.08. The van der Waals surface area contributed by atoms with Gasteiger partial charge in [0, 0.05) is 17.2 Å². The molecule has 1 atom stereocenters. The highest BCUT2D eigenvalue weighted by Gasteiger charge is 2.20. The van der Waals surface area contributed by atoms with Gasteiger partial charge in [0.2, 0.25) is 5.78 Å². The van der Waals surface area contributed by atoms with Gasteiger partial charge < -0.3 is 14.2 Å². The van der Waals surface area contributed by atoms with Gasteiger partial charge in [-0.15, -0.1) is 0 Å². The van der Waals surface area contributed by atoms with Gasteiger partial charge in [0.05, 0.1) is 14.2 Å². The van der Waals surface area contributed by atoms with Gasteiger partial charge in [-0.25, -0.2) is 4.79 Å². The monoisotopic (exact) mass is 368 g/mol. The van der Waals surface area contributed by atoms with Crippen molar-refractivity contribution in [3.05, 3.63) is 64.7 Å². The molecule has 0 saturated carbocycles. The average Bonchev–Trinajstić information content (AvgIpc) is 2.67. The van der Waals surface area contributed by atoms with Crippen molar-refractivity contribution in [2.75, 3.05) is 14.2 Å². The van der Waals surface area contributed by atoms with Crippen molar-refractivity contribution in [3.8, 4) is 11.5 Å². The normalized spacial score (nSPS) is 11.9. The first-order valence-corrected chi connectivity index (χ1v) is 8.58. The van der Waals surface area contributed by atoms with Gasteiger partial charge in [-0.2, -0.15) is 0 Å². The third kappa shape index (κ3) is 4.97. The predicted molar refractivity (Wildman–Crippen MR) is 104 cm³/mol. The van der Waals surface area contributed by atoms with E-state index in [0.29, 0.717) is 22.6 Å². The van der Waals surface area contributed by atoms with Crippen LogP contribution in [-0.2, 0) is 9.53 Å². The summed E-state index contributed by atoms with van der Waals surface area (Å²) in [6.07, 6.45) is 1.96. The summed E-state index contributed by atoms with van der Waals surface area (Å²) in [6, 6.07) is 11.0. The highest BCUT2D eigenvalue weighted by atomic mass is 16.5. The van der Waals surface area contributed by atoms with Crippen LogP contribution in [0.25, 0.3) is 6.08 Å². The number of aryl methyl sites for hydroxylation is 2. The van der Waals surface area contributed by atoms with E-state index in [1.165, 1.54) is 13.2 Å². The first-order chi connectivity index (χ1) is 12.9. The van der Waals surface area contributed by atoms with Crippen molar-refractivity contribution >= 4 is 17.8 Å². The lowest BCUT2D eigenvalue weighted by atomic mass is 9.99. The van der Waals surface area contributed by atoms with E-state index < -0.39 is 12.1 Å². The number of esters is 1. The Kier molecular flexibility index (Phi) is 6.77. The van der Waals surface area contributed by atoms with Crippen molar-refractivity contribution in [1.82, 2.24) is 0 Å². The molecule has 2 aromatic carbocycles. The molecule has 0 saturated heterocycles. The Morgan fingerprint density at radius 1 is 1.04 bits per heavy atom. The van der Waals surface area contributed by atoms with Gasteiger partial charge in [0.1, 0.15) is 0 Å². The molecule has 5 nitrogen and oxygen atoms in total.